The largest absolute Gasteiger partial charge is 1.00 e. The van der Waals surface area contributed by atoms with Crippen LogP contribution in [0.15, 0.2) is 84.9 Å². The molecular weight excluding hydrogens is 841 g/mol. The number of carboxylic acids is 1. The molecule has 4 aromatic rings. The average Bonchev–Trinajstić information content (AvgIpc) is 3.15. The van der Waals surface area contributed by atoms with Crippen molar-refractivity contribution in [2.75, 3.05) is 67.1 Å². The van der Waals surface area contributed by atoms with E-state index in [0.717, 1.165) is 22.5 Å². The molecule has 19 heteroatoms. The quantitative estimate of drug-likeness (QED) is 0.0957. The van der Waals surface area contributed by atoms with Crippen LogP contribution in [0.5, 0.6) is 0 Å². The van der Waals surface area contributed by atoms with Crippen molar-refractivity contribution in [2.24, 2.45) is 0 Å². The van der Waals surface area contributed by atoms with E-state index in [-0.39, 0.29) is 60.8 Å². The number of halogens is 4. The Hall–Kier alpha value is -4.36. The second-order valence-corrected chi connectivity index (χ2v) is 14.9. The molecule has 59 heavy (non-hydrogen) atoms. The van der Waals surface area contributed by atoms with Crippen molar-refractivity contribution >= 4 is 92.9 Å². The van der Waals surface area contributed by atoms with Gasteiger partial charge >= 0.3 is 30.8 Å². The third-order valence-electron chi connectivity index (χ3n) is 9.48. The van der Waals surface area contributed by atoms with Crippen LogP contribution in [0.3, 0.4) is 0 Å². The van der Waals surface area contributed by atoms with Gasteiger partial charge in [0.05, 0.1) is 41.4 Å². The number of ether oxygens (including phenoxy) is 1. The Balaban J connectivity index is 0.000000388. The van der Waals surface area contributed by atoms with E-state index in [1.54, 1.807) is 53.1 Å². The fourth-order valence-electron chi connectivity index (χ4n) is 6.80. The summed E-state index contributed by atoms with van der Waals surface area (Å²) in [5.74, 6) is -2.28. The minimum Gasteiger partial charge on any atom is -0.870 e. The minimum atomic E-state index is -1.13. The molecule has 4 aromatic carbocycles. The number of carbonyl (C=O) groups excluding carboxylic acids is 3. The summed E-state index contributed by atoms with van der Waals surface area (Å²) in [7, 11) is 0. The van der Waals surface area contributed by atoms with Gasteiger partial charge in [0, 0.05) is 59.4 Å². The molecule has 2 fully saturated rings. The van der Waals surface area contributed by atoms with Crippen molar-refractivity contribution in [1.29, 1.82) is 0 Å². The van der Waals surface area contributed by atoms with Crippen molar-refractivity contribution in [3.05, 3.63) is 116 Å². The first-order chi connectivity index (χ1) is 26.7. The molecule has 0 aliphatic carbocycles. The van der Waals surface area contributed by atoms with Crippen LogP contribution in [0.25, 0.3) is 0 Å². The van der Waals surface area contributed by atoms with E-state index in [1.165, 1.54) is 0 Å². The number of amides is 2. The van der Waals surface area contributed by atoms with E-state index in [9.17, 15) is 19.2 Å². The summed E-state index contributed by atoms with van der Waals surface area (Å²) >= 11 is 24.1. The number of hydrogen-bond donors (Lipinski definition) is 3. The number of anilines is 4. The summed E-state index contributed by atoms with van der Waals surface area (Å²) in [4.78, 5) is 55.0. The Labute approximate surface area is 374 Å². The van der Waals surface area contributed by atoms with Crippen LogP contribution >= 0.6 is 46.4 Å². The second kappa shape index (κ2) is 23.4. The topological polar surface area (TPSA) is 224 Å². The summed E-state index contributed by atoms with van der Waals surface area (Å²) in [5, 5.41) is 11.3. The first-order valence-corrected chi connectivity index (χ1v) is 19.3. The summed E-state index contributed by atoms with van der Waals surface area (Å²) < 4.78 is 4.90. The molecule has 0 bridgehead atoms. The molecule has 0 aromatic heterocycles. The molecule has 2 aliphatic heterocycles. The molecular formula is C40H45Cl4LiN6O8. The number of nitrogens with zero attached hydrogens (tertiary/aromatic N) is 4. The van der Waals surface area contributed by atoms with E-state index in [2.05, 4.69) is 9.80 Å². The van der Waals surface area contributed by atoms with Gasteiger partial charge in [-0.15, -0.1) is 0 Å². The number of nitrogen functional groups attached to an aromatic ring is 2. The molecule has 2 aliphatic rings. The van der Waals surface area contributed by atoms with Crippen LogP contribution in [-0.4, -0.2) is 95.5 Å². The smallest absolute Gasteiger partial charge is 0.870 e. The zero-order chi connectivity index (χ0) is 40.5. The summed E-state index contributed by atoms with van der Waals surface area (Å²) in [6.07, 6.45) is -0.777. The normalized spacial score (nSPS) is 15.9. The summed E-state index contributed by atoms with van der Waals surface area (Å²) in [5.41, 5.74) is 17.1. The van der Waals surface area contributed by atoms with Gasteiger partial charge in [0.15, 0.2) is 0 Å². The van der Waals surface area contributed by atoms with Gasteiger partial charge in [0.25, 0.3) is 0 Å². The number of esters is 1. The zero-order valence-corrected chi connectivity index (χ0v) is 35.5. The van der Waals surface area contributed by atoms with E-state index >= 15 is 0 Å². The molecule has 0 radical (unpaired) electrons. The number of rotatable bonds is 9. The molecule has 2 heterocycles. The first kappa shape index (κ1) is 50.8. The zero-order valence-electron chi connectivity index (χ0n) is 32.5. The third-order valence-corrected chi connectivity index (χ3v) is 10.5. The maximum absolute atomic E-state index is 12.6. The second-order valence-electron chi connectivity index (χ2n) is 13.2. The molecule has 6 rings (SSSR count). The Morgan fingerprint density at radius 1 is 0.644 bits per heavy atom. The molecule has 2 unspecified atom stereocenters. The van der Waals surface area contributed by atoms with Crippen molar-refractivity contribution in [3.63, 3.8) is 0 Å². The van der Waals surface area contributed by atoms with E-state index in [4.69, 9.17) is 67.7 Å². The fraction of sp³-hybridized carbons (Fsp3) is 0.300. The fourth-order valence-corrected chi connectivity index (χ4v) is 7.41. The van der Waals surface area contributed by atoms with Crippen molar-refractivity contribution in [3.8, 4) is 0 Å². The van der Waals surface area contributed by atoms with Crippen LogP contribution in [0.4, 0.5) is 22.7 Å². The van der Waals surface area contributed by atoms with E-state index < -0.39 is 24.3 Å². The summed E-state index contributed by atoms with van der Waals surface area (Å²) in [6, 6.07) is 25.3. The average molecular weight is 887 g/mol. The monoisotopic (exact) mass is 884 g/mol. The maximum atomic E-state index is 12.6. The molecule has 8 N–H and O–H groups in total. The molecule has 312 valence electrons. The van der Waals surface area contributed by atoms with Gasteiger partial charge < -0.3 is 51.9 Å². The Bertz CT molecular complexity index is 2050. The van der Waals surface area contributed by atoms with Gasteiger partial charge in [-0.05, 0) is 78.7 Å². The molecule has 2 saturated heterocycles. The number of piperazine rings is 2. The van der Waals surface area contributed by atoms with Gasteiger partial charge in [-0.25, -0.2) is 0 Å². The summed E-state index contributed by atoms with van der Waals surface area (Å²) in [6.45, 7) is 4.72. The van der Waals surface area contributed by atoms with Gasteiger partial charge in [-0.1, -0.05) is 70.7 Å². The molecule has 0 saturated carbocycles. The van der Waals surface area contributed by atoms with Crippen LogP contribution in [-0.2, 0) is 23.9 Å². The van der Waals surface area contributed by atoms with Crippen LogP contribution < -0.4 is 40.1 Å². The van der Waals surface area contributed by atoms with E-state index in [1.807, 2.05) is 48.5 Å². The van der Waals surface area contributed by atoms with Gasteiger partial charge in [0.2, 0.25) is 11.8 Å². The van der Waals surface area contributed by atoms with E-state index in [0.29, 0.717) is 70.7 Å². The first-order valence-electron chi connectivity index (χ1n) is 17.8. The number of carboxylic acid groups (broad SMARTS) is 1. The van der Waals surface area contributed by atoms with Gasteiger partial charge in [-0.3, -0.25) is 19.2 Å². The Morgan fingerprint density at radius 2 is 1.02 bits per heavy atom. The molecule has 2 atom stereocenters. The molecule has 14 nitrogen and oxygen atoms in total. The number of carbonyl (C=O) groups is 4. The van der Waals surface area contributed by atoms with Crippen molar-refractivity contribution in [2.45, 2.75) is 31.8 Å². The van der Waals surface area contributed by atoms with Crippen LogP contribution in [0.2, 0.25) is 20.1 Å². The number of hydrogen-bond acceptors (Lipinski definition) is 10. The number of aliphatic carboxylic acids is 1. The predicted molar refractivity (Wildman–Crippen MR) is 227 cm³/mol. The molecule has 2 amide bonds. The minimum absolute atomic E-state index is 0. The maximum Gasteiger partial charge on any atom is 1.00 e. The number of nitrogens with two attached hydrogens (primary N) is 2. The SMILES string of the molecule is CCOC(=O)CC(=O)N1CCN(c2ccc(Cl)cc2N)C(c2ccc(Cl)cc2)C1.Nc1cc(Cl)ccc1N1CCN(C(=O)CC(=O)O)CC1c1ccc(Cl)cc1.O.[Li+].[OH-]. The molecule has 0 spiro atoms. The van der Waals surface area contributed by atoms with Crippen LogP contribution in [0.1, 0.15) is 43.0 Å². The standard InChI is InChI=1S/C21H23Cl2N3O3.C19H19Cl2N3O3.Li.2H2O/c1-2-29-21(28)12-20(27)25-9-10-26(18-8-7-16(23)11-17(18)24)19(13-25)14-3-5-15(22)6-4-14;20-13-3-1-12(2-4-13)17-11-23(18(25)10-19(26)27)7-8-24(17)16-6-5-14(21)9-15(16)22;;;/h3-8,11,19H,2,9-10,12-13,24H2,1H3;1-6,9,17H,7-8,10-11,22H2,(H,26,27);;2*1H2/q;;+1;;/p-1. The Morgan fingerprint density at radius 3 is 1.37 bits per heavy atom. The van der Waals surface area contributed by atoms with Crippen LogP contribution in [0, 0.1) is 0 Å². The van der Waals surface area contributed by atoms with Gasteiger partial charge in [0.1, 0.15) is 12.8 Å². The van der Waals surface area contributed by atoms with Gasteiger partial charge in [-0.2, -0.15) is 0 Å². The van der Waals surface area contributed by atoms with Crippen molar-refractivity contribution in [1.82, 2.24) is 9.80 Å². The number of benzene rings is 4. The van der Waals surface area contributed by atoms with Crippen molar-refractivity contribution < 1.29 is 58.8 Å². The predicted octanol–water partition coefficient (Wildman–Crippen LogP) is 3.36. The third kappa shape index (κ3) is 13.6. The Kier molecular flexibility index (Phi) is 20.2.